The average molecular weight is 425 g/mol. The number of sulfonamides is 1. The topological polar surface area (TPSA) is 78.5 Å². The average Bonchev–Trinajstić information content (AvgIpc) is 3.15. The Kier molecular flexibility index (Phi) is 5.17. The fourth-order valence-corrected chi connectivity index (χ4v) is 4.88. The van der Waals surface area contributed by atoms with Gasteiger partial charge in [-0.25, -0.2) is 17.6 Å². The zero-order valence-electron chi connectivity index (χ0n) is 16.2. The van der Waals surface area contributed by atoms with Crippen LogP contribution in [-0.2, 0) is 16.4 Å². The first-order valence-corrected chi connectivity index (χ1v) is 10.8. The van der Waals surface area contributed by atoms with Crippen LogP contribution in [0.4, 0.5) is 26.2 Å². The lowest BCUT2D eigenvalue weighted by Gasteiger charge is -2.20. The Labute approximate surface area is 174 Å². The van der Waals surface area contributed by atoms with E-state index in [1.165, 1.54) is 10.4 Å². The number of rotatable bonds is 4. The number of anilines is 3. The molecule has 0 aromatic heterocycles. The summed E-state index contributed by atoms with van der Waals surface area (Å²) in [5, 5.41) is 5.24. The molecule has 8 heteroatoms. The van der Waals surface area contributed by atoms with Crippen LogP contribution in [0.15, 0.2) is 71.6 Å². The van der Waals surface area contributed by atoms with Crippen LogP contribution >= 0.6 is 0 Å². The van der Waals surface area contributed by atoms with Crippen LogP contribution in [0, 0.1) is 12.7 Å². The second-order valence-electron chi connectivity index (χ2n) is 7.03. The molecule has 154 valence electrons. The normalized spacial score (nSPS) is 13.1. The van der Waals surface area contributed by atoms with Gasteiger partial charge in [0.2, 0.25) is 0 Å². The highest BCUT2D eigenvalue weighted by Crippen LogP contribution is 2.35. The van der Waals surface area contributed by atoms with Crippen LogP contribution < -0.4 is 14.9 Å². The van der Waals surface area contributed by atoms with Crippen molar-refractivity contribution in [1.29, 1.82) is 0 Å². The first kappa shape index (κ1) is 19.9. The maximum Gasteiger partial charge on any atom is 0.323 e. The number of aryl methyl sites for hydroxylation is 1. The summed E-state index contributed by atoms with van der Waals surface area (Å²) in [5.74, 6) is -0.410. The van der Waals surface area contributed by atoms with Crippen molar-refractivity contribution in [3.8, 4) is 0 Å². The molecule has 0 atom stereocenters. The smallest absolute Gasteiger partial charge is 0.308 e. The van der Waals surface area contributed by atoms with Gasteiger partial charge in [-0.15, -0.1) is 0 Å². The minimum atomic E-state index is -3.69. The van der Waals surface area contributed by atoms with E-state index in [0.717, 1.165) is 5.56 Å². The van der Waals surface area contributed by atoms with Crippen molar-refractivity contribution in [3.63, 3.8) is 0 Å². The van der Waals surface area contributed by atoms with E-state index >= 15 is 0 Å². The number of nitrogens with one attached hydrogen (secondary N) is 2. The lowest BCUT2D eigenvalue weighted by Crippen LogP contribution is -2.29. The Morgan fingerprint density at radius 1 is 0.967 bits per heavy atom. The summed E-state index contributed by atoms with van der Waals surface area (Å²) in [5.41, 5.74) is 2.68. The summed E-state index contributed by atoms with van der Waals surface area (Å²) in [6.45, 7) is 1.98. The van der Waals surface area contributed by atoms with Crippen LogP contribution in [0.2, 0.25) is 0 Å². The molecule has 1 heterocycles. The molecular weight excluding hydrogens is 405 g/mol. The van der Waals surface area contributed by atoms with Crippen molar-refractivity contribution in [2.45, 2.75) is 18.2 Å². The molecule has 1 aliphatic rings. The summed E-state index contributed by atoms with van der Waals surface area (Å²) in [4.78, 5) is 12.5. The first-order chi connectivity index (χ1) is 14.3. The van der Waals surface area contributed by atoms with Gasteiger partial charge in [0, 0.05) is 17.9 Å². The van der Waals surface area contributed by atoms with Crippen molar-refractivity contribution in [2.75, 3.05) is 21.5 Å². The van der Waals surface area contributed by atoms with E-state index in [0.29, 0.717) is 35.6 Å². The lowest BCUT2D eigenvalue weighted by molar-refractivity contribution is 0.262. The number of nitrogens with zero attached hydrogens (tertiary/aromatic N) is 1. The molecule has 0 saturated heterocycles. The molecule has 3 aromatic rings. The van der Waals surface area contributed by atoms with E-state index < -0.39 is 21.9 Å². The van der Waals surface area contributed by atoms with Gasteiger partial charge in [0.15, 0.2) is 0 Å². The molecule has 0 radical (unpaired) electrons. The highest BCUT2D eigenvalue weighted by Gasteiger charge is 2.31. The van der Waals surface area contributed by atoms with Gasteiger partial charge in [-0.1, -0.05) is 30.3 Å². The molecule has 0 spiro atoms. The summed E-state index contributed by atoms with van der Waals surface area (Å²) >= 11 is 0. The summed E-state index contributed by atoms with van der Waals surface area (Å²) in [7, 11) is -3.69. The third-order valence-electron chi connectivity index (χ3n) is 4.96. The van der Waals surface area contributed by atoms with Crippen LogP contribution in [0.3, 0.4) is 0 Å². The quantitative estimate of drug-likeness (QED) is 0.645. The molecule has 0 unspecified atom stereocenters. The molecule has 0 bridgehead atoms. The molecule has 30 heavy (non-hydrogen) atoms. The molecule has 0 aliphatic carbocycles. The molecule has 0 fully saturated rings. The number of hydrogen-bond acceptors (Lipinski definition) is 3. The third kappa shape index (κ3) is 3.86. The van der Waals surface area contributed by atoms with Crippen molar-refractivity contribution in [2.24, 2.45) is 0 Å². The van der Waals surface area contributed by atoms with Crippen molar-refractivity contribution in [1.82, 2.24) is 0 Å². The fraction of sp³-hybridized carbons (Fsp3) is 0.136. The number of benzene rings is 3. The fourth-order valence-electron chi connectivity index (χ4n) is 3.36. The van der Waals surface area contributed by atoms with Crippen molar-refractivity contribution in [3.05, 3.63) is 83.7 Å². The first-order valence-electron chi connectivity index (χ1n) is 9.39. The molecular formula is C22H20FN3O3S. The van der Waals surface area contributed by atoms with Crippen molar-refractivity contribution < 1.29 is 17.6 Å². The number of urea groups is 1. The van der Waals surface area contributed by atoms with E-state index in [9.17, 15) is 17.6 Å². The monoisotopic (exact) mass is 425 g/mol. The molecule has 4 rings (SSSR count). The molecule has 1 aliphatic heterocycles. The van der Waals surface area contributed by atoms with Gasteiger partial charge in [0.25, 0.3) is 10.0 Å². The Morgan fingerprint density at radius 3 is 2.33 bits per heavy atom. The maximum absolute atomic E-state index is 13.7. The predicted octanol–water partition coefficient (Wildman–Crippen LogP) is 4.53. The Balaban J connectivity index is 1.54. The van der Waals surface area contributed by atoms with E-state index in [4.69, 9.17) is 0 Å². The Hall–Kier alpha value is -3.39. The number of halogens is 1. The number of amides is 2. The van der Waals surface area contributed by atoms with Gasteiger partial charge in [-0.05, 0) is 60.9 Å². The molecule has 6 nitrogen and oxygen atoms in total. The van der Waals surface area contributed by atoms with Crippen LogP contribution in [-0.4, -0.2) is 21.0 Å². The summed E-state index contributed by atoms with van der Waals surface area (Å²) in [6, 6.07) is 17.3. The van der Waals surface area contributed by atoms with Crippen LogP contribution in [0.25, 0.3) is 0 Å². The number of fused-ring (bicyclic) bond motifs is 1. The van der Waals surface area contributed by atoms with E-state index in [-0.39, 0.29) is 4.90 Å². The predicted molar refractivity (Wildman–Crippen MR) is 115 cm³/mol. The van der Waals surface area contributed by atoms with Gasteiger partial charge in [-0.2, -0.15) is 0 Å². The largest absolute Gasteiger partial charge is 0.323 e. The molecule has 0 saturated carbocycles. The van der Waals surface area contributed by atoms with E-state index in [2.05, 4.69) is 10.6 Å². The second-order valence-corrected chi connectivity index (χ2v) is 8.89. The molecule has 2 amide bonds. The standard InChI is InChI=1S/C22H20FN3O3S/c1-15-7-9-17(13-20(15)23)24-22(27)25-18-10-8-16-11-12-26(21(16)14-18)30(28,29)19-5-3-2-4-6-19/h2-10,13-14H,11-12H2,1H3,(H2,24,25,27). The number of carbonyl (C=O) groups is 1. The summed E-state index contributed by atoms with van der Waals surface area (Å²) < 4.78 is 41.1. The van der Waals surface area contributed by atoms with Crippen molar-refractivity contribution >= 4 is 33.1 Å². The minimum absolute atomic E-state index is 0.218. The Bertz CT molecular complexity index is 1210. The number of hydrogen-bond donors (Lipinski definition) is 2. The van der Waals surface area contributed by atoms with Gasteiger partial charge < -0.3 is 10.6 Å². The van der Waals surface area contributed by atoms with Crippen LogP contribution in [0.1, 0.15) is 11.1 Å². The van der Waals surface area contributed by atoms with Gasteiger partial charge in [-0.3, -0.25) is 4.31 Å². The van der Waals surface area contributed by atoms with E-state index in [1.807, 2.05) is 0 Å². The maximum atomic E-state index is 13.7. The summed E-state index contributed by atoms with van der Waals surface area (Å²) in [6.07, 6.45) is 0.594. The van der Waals surface area contributed by atoms with Gasteiger partial charge in [0.05, 0.1) is 10.6 Å². The van der Waals surface area contributed by atoms with Gasteiger partial charge >= 0.3 is 6.03 Å². The third-order valence-corrected chi connectivity index (χ3v) is 6.78. The SMILES string of the molecule is Cc1ccc(NC(=O)Nc2ccc3c(c2)N(S(=O)(=O)c2ccccc2)CC3)cc1F. The Morgan fingerprint density at radius 2 is 1.63 bits per heavy atom. The molecule has 3 aromatic carbocycles. The second kappa shape index (κ2) is 7.79. The van der Waals surface area contributed by atoms with E-state index in [1.54, 1.807) is 67.6 Å². The zero-order valence-corrected chi connectivity index (χ0v) is 17.0. The highest BCUT2D eigenvalue weighted by atomic mass is 32.2. The zero-order chi connectivity index (χ0) is 21.3. The number of carbonyl (C=O) groups excluding carboxylic acids is 1. The lowest BCUT2D eigenvalue weighted by atomic mass is 10.1. The van der Waals surface area contributed by atoms with Gasteiger partial charge in [0.1, 0.15) is 5.82 Å². The highest BCUT2D eigenvalue weighted by molar-refractivity contribution is 7.92. The van der Waals surface area contributed by atoms with Crippen LogP contribution in [0.5, 0.6) is 0 Å². The minimum Gasteiger partial charge on any atom is -0.308 e. The molecule has 2 N–H and O–H groups in total.